The van der Waals surface area contributed by atoms with Crippen molar-refractivity contribution < 1.29 is 9.53 Å². The van der Waals surface area contributed by atoms with Crippen molar-refractivity contribution in [3.8, 4) is 0 Å². The van der Waals surface area contributed by atoms with E-state index in [0.717, 1.165) is 25.5 Å². The number of hydrogen-bond acceptors (Lipinski definition) is 2. The van der Waals surface area contributed by atoms with Crippen LogP contribution in [0.3, 0.4) is 0 Å². The fraction of sp³-hybridized carbons (Fsp3) is 0.500. The summed E-state index contributed by atoms with van der Waals surface area (Å²) in [5.74, 6) is 0.133. The minimum absolute atomic E-state index is 0.133. The van der Waals surface area contributed by atoms with Gasteiger partial charge >= 0.3 is 0 Å². The maximum Gasteiger partial charge on any atom is 0.127 e. The summed E-state index contributed by atoms with van der Waals surface area (Å²) in [4.78, 5) is 10.7. The molecule has 12 heavy (non-hydrogen) atoms. The largest absolute Gasteiger partial charge is 0.497 e. The van der Waals surface area contributed by atoms with E-state index in [1.165, 1.54) is 11.1 Å². The van der Waals surface area contributed by atoms with Crippen LogP contribution in [0.15, 0.2) is 23.5 Å². The van der Waals surface area contributed by atoms with Crippen LogP contribution in [0.5, 0.6) is 0 Å². The highest BCUT2D eigenvalue weighted by Crippen LogP contribution is 2.31. The van der Waals surface area contributed by atoms with Gasteiger partial charge in [0.25, 0.3) is 0 Å². The van der Waals surface area contributed by atoms with Gasteiger partial charge in [-0.2, -0.15) is 0 Å². The zero-order chi connectivity index (χ0) is 8.39. The first-order chi connectivity index (χ1) is 5.92. The first kappa shape index (κ1) is 7.59. The molecular formula is C10H12O2. The highest BCUT2D eigenvalue weighted by molar-refractivity contribution is 5.62. The normalized spacial score (nSPS) is 27.8. The molecule has 0 saturated carbocycles. The zero-order valence-electron chi connectivity index (χ0n) is 6.95. The lowest BCUT2D eigenvalue weighted by molar-refractivity contribution is -0.110. The Hall–Kier alpha value is -1.05. The maximum absolute atomic E-state index is 10.7. The molecule has 64 valence electrons. The topological polar surface area (TPSA) is 26.3 Å². The molecule has 0 aromatic rings. The van der Waals surface area contributed by atoms with E-state index in [2.05, 4.69) is 0 Å². The molecule has 1 unspecified atom stereocenters. The Bertz CT molecular complexity index is 251. The van der Waals surface area contributed by atoms with Crippen LogP contribution in [-0.2, 0) is 9.53 Å². The van der Waals surface area contributed by atoms with Crippen molar-refractivity contribution in [2.24, 2.45) is 5.92 Å². The summed E-state index contributed by atoms with van der Waals surface area (Å²) < 4.78 is 5.18. The predicted molar refractivity (Wildman–Crippen MR) is 45.5 cm³/mol. The van der Waals surface area contributed by atoms with Gasteiger partial charge in [0, 0.05) is 5.92 Å². The molecule has 2 aliphatic rings. The molecule has 0 bridgehead atoms. The van der Waals surface area contributed by atoms with Gasteiger partial charge < -0.3 is 9.53 Å². The van der Waals surface area contributed by atoms with Gasteiger partial charge in [0.2, 0.25) is 0 Å². The molecule has 2 nitrogen and oxygen atoms in total. The van der Waals surface area contributed by atoms with Crippen LogP contribution in [0, 0.1) is 5.92 Å². The fourth-order valence-electron chi connectivity index (χ4n) is 1.91. The van der Waals surface area contributed by atoms with Gasteiger partial charge in [-0.25, -0.2) is 0 Å². The number of carbonyl (C=O) groups is 1. The van der Waals surface area contributed by atoms with Gasteiger partial charge in [0.05, 0.1) is 6.26 Å². The Morgan fingerprint density at radius 2 is 2.50 bits per heavy atom. The van der Waals surface area contributed by atoms with Crippen molar-refractivity contribution in [3.63, 3.8) is 0 Å². The van der Waals surface area contributed by atoms with Gasteiger partial charge in [-0.3, -0.25) is 0 Å². The Morgan fingerprint density at radius 1 is 1.58 bits per heavy atom. The van der Waals surface area contributed by atoms with Gasteiger partial charge in [-0.15, -0.1) is 0 Å². The lowest BCUT2D eigenvalue weighted by Crippen LogP contribution is -2.16. The summed E-state index contributed by atoms with van der Waals surface area (Å²) in [6.07, 6.45) is 7.93. The van der Waals surface area contributed by atoms with E-state index < -0.39 is 0 Å². The van der Waals surface area contributed by atoms with Crippen LogP contribution in [0.25, 0.3) is 0 Å². The quantitative estimate of drug-likeness (QED) is 0.552. The third-order valence-electron chi connectivity index (χ3n) is 2.57. The molecule has 1 aliphatic heterocycles. The van der Waals surface area contributed by atoms with Crippen molar-refractivity contribution in [1.29, 1.82) is 0 Å². The summed E-state index contributed by atoms with van der Waals surface area (Å²) in [5.41, 5.74) is 2.53. The molecule has 0 amide bonds. The van der Waals surface area contributed by atoms with Gasteiger partial charge in [-0.1, -0.05) is 0 Å². The van der Waals surface area contributed by atoms with Crippen molar-refractivity contribution in [2.75, 3.05) is 6.61 Å². The second kappa shape index (κ2) is 3.13. The monoisotopic (exact) mass is 164 g/mol. The Morgan fingerprint density at radius 3 is 3.33 bits per heavy atom. The molecule has 1 atom stereocenters. The molecule has 0 aromatic carbocycles. The summed E-state index contributed by atoms with van der Waals surface area (Å²) in [6.45, 7) is 0.691. The average molecular weight is 164 g/mol. The molecule has 2 heteroatoms. The van der Waals surface area contributed by atoms with Crippen LogP contribution < -0.4 is 0 Å². The lowest BCUT2D eigenvalue weighted by atomic mass is 9.83. The predicted octanol–water partition coefficient (Wildman–Crippen LogP) is 1.83. The molecule has 0 aromatic heterocycles. The fourth-order valence-corrected chi connectivity index (χ4v) is 1.91. The van der Waals surface area contributed by atoms with Crippen LogP contribution in [0.4, 0.5) is 0 Å². The number of carbonyl (C=O) groups excluding carboxylic acids is 1. The van der Waals surface area contributed by atoms with Crippen LogP contribution in [-0.4, -0.2) is 12.9 Å². The summed E-state index contributed by atoms with van der Waals surface area (Å²) >= 11 is 0. The molecule has 1 heterocycles. The van der Waals surface area contributed by atoms with E-state index in [-0.39, 0.29) is 5.92 Å². The van der Waals surface area contributed by atoms with Crippen LogP contribution in [0.2, 0.25) is 0 Å². The highest BCUT2D eigenvalue weighted by Gasteiger charge is 2.22. The van der Waals surface area contributed by atoms with Crippen molar-refractivity contribution in [2.45, 2.75) is 19.3 Å². The van der Waals surface area contributed by atoms with Crippen molar-refractivity contribution in [1.82, 2.24) is 0 Å². The van der Waals surface area contributed by atoms with Crippen molar-refractivity contribution in [3.05, 3.63) is 23.5 Å². The standard InChI is InChI=1S/C10H12O2/c11-6-8-2-1-3-9-7-12-5-4-10(8)9/h4-6,8H,1-3,7H2. The van der Waals surface area contributed by atoms with Crippen LogP contribution >= 0.6 is 0 Å². The summed E-state index contributed by atoms with van der Waals surface area (Å²) in [7, 11) is 0. The smallest absolute Gasteiger partial charge is 0.127 e. The minimum atomic E-state index is 0.133. The third-order valence-corrected chi connectivity index (χ3v) is 2.57. The summed E-state index contributed by atoms with van der Waals surface area (Å²) in [5, 5.41) is 0. The Balaban J connectivity index is 2.30. The Kier molecular flexibility index (Phi) is 1.98. The summed E-state index contributed by atoms with van der Waals surface area (Å²) in [6, 6.07) is 0. The molecule has 0 radical (unpaired) electrons. The zero-order valence-corrected chi connectivity index (χ0v) is 6.95. The van der Waals surface area contributed by atoms with Gasteiger partial charge in [-0.05, 0) is 36.5 Å². The third kappa shape index (κ3) is 1.17. The van der Waals surface area contributed by atoms with Gasteiger partial charge in [0.15, 0.2) is 0 Å². The number of ether oxygens (including phenoxy) is 1. The van der Waals surface area contributed by atoms with E-state index in [1.54, 1.807) is 6.26 Å². The molecule has 1 aliphatic carbocycles. The SMILES string of the molecule is O=CC1CCCC2=C1C=COC2. The molecular weight excluding hydrogens is 152 g/mol. The molecule has 2 rings (SSSR count). The number of allylic oxidation sites excluding steroid dienone is 2. The number of rotatable bonds is 1. The Labute approximate surface area is 71.9 Å². The van der Waals surface area contributed by atoms with Crippen LogP contribution in [0.1, 0.15) is 19.3 Å². The second-order valence-electron chi connectivity index (χ2n) is 3.31. The molecule has 0 N–H and O–H groups in total. The first-order valence-corrected chi connectivity index (χ1v) is 4.37. The van der Waals surface area contributed by atoms with Crippen molar-refractivity contribution >= 4 is 6.29 Å². The minimum Gasteiger partial charge on any atom is -0.497 e. The number of hydrogen-bond donors (Lipinski definition) is 0. The van der Waals surface area contributed by atoms with Gasteiger partial charge in [0.1, 0.15) is 12.9 Å². The highest BCUT2D eigenvalue weighted by atomic mass is 16.5. The van der Waals surface area contributed by atoms with E-state index >= 15 is 0 Å². The van der Waals surface area contributed by atoms with E-state index in [9.17, 15) is 4.79 Å². The van der Waals surface area contributed by atoms with E-state index in [0.29, 0.717) is 6.61 Å². The second-order valence-corrected chi connectivity index (χ2v) is 3.31. The van der Waals surface area contributed by atoms with E-state index in [1.807, 2.05) is 6.08 Å². The maximum atomic E-state index is 10.7. The number of aldehydes is 1. The molecule has 0 fully saturated rings. The lowest BCUT2D eigenvalue weighted by Gasteiger charge is -2.25. The molecule has 0 spiro atoms. The first-order valence-electron chi connectivity index (χ1n) is 4.37. The average Bonchev–Trinajstić information content (AvgIpc) is 2.17. The molecule has 0 saturated heterocycles. The van der Waals surface area contributed by atoms with E-state index in [4.69, 9.17) is 4.74 Å².